The van der Waals surface area contributed by atoms with E-state index in [1.807, 2.05) is 12.4 Å². The SMILES string of the molecule is COC(=N)CCCc1cc[nH]c1. The van der Waals surface area contributed by atoms with Crippen LogP contribution in [-0.2, 0) is 11.2 Å². The van der Waals surface area contributed by atoms with Crippen LogP contribution in [0.5, 0.6) is 0 Å². The molecular formula is C9H14N2O. The van der Waals surface area contributed by atoms with Crippen LogP contribution in [-0.4, -0.2) is 18.0 Å². The Morgan fingerprint density at radius 2 is 2.50 bits per heavy atom. The van der Waals surface area contributed by atoms with Crippen LogP contribution < -0.4 is 0 Å². The van der Waals surface area contributed by atoms with Crippen molar-refractivity contribution >= 4 is 5.90 Å². The fraction of sp³-hybridized carbons (Fsp3) is 0.444. The van der Waals surface area contributed by atoms with E-state index in [9.17, 15) is 0 Å². The number of hydrogen-bond donors (Lipinski definition) is 2. The molecule has 0 saturated carbocycles. The Kier molecular flexibility index (Phi) is 3.38. The molecule has 12 heavy (non-hydrogen) atoms. The Hall–Kier alpha value is -1.25. The van der Waals surface area contributed by atoms with Crippen LogP contribution >= 0.6 is 0 Å². The van der Waals surface area contributed by atoms with Gasteiger partial charge in [0.25, 0.3) is 0 Å². The van der Waals surface area contributed by atoms with Gasteiger partial charge in [0.1, 0.15) is 0 Å². The van der Waals surface area contributed by atoms with Crippen molar-refractivity contribution in [2.75, 3.05) is 7.11 Å². The molecule has 0 aliphatic rings. The second-order valence-electron chi connectivity index (χ2n) is 2.70. The molecule has 0 aromatic carbocycles. The van der Waals surface area contributed by atoms with Crippen LogP contribution in [0, 0.1) is 5.41 Å². The predicted molar refractivity (Wildman–Crippen MR) is 48.5 cm³/mol. The van der Waals surface area contributed by atoms with Crippen molar-refractivity contribution in [2.24, 2.45) is 0 Å². The summed E-state index contributed by atoms with van der Waals surface area (Å²) >= 11 is 0. The largest absolute Gasteiger partial charge is 0.484 e. The molecule has 1 aromatic heterocycles. The Morgan fingerprint density at radius 3 is 3.08 bits per heavy atom. The monoisotopic (exact) mass is 166 g/mol. The number of rotatable bonds is 4. The summed E-state index contributed by atoms with van der Waals surface area (Å²) in [5, 5.41) is 7.24. The lowest BCUT2D eigenvalue weighted by atomic mass is 10.1. The fourth-order valence-electron chi connectivity index (χ4n) is 1.07. The Bertz CT molecular complexity index is 229. The van der Waals surface area contributed by atoms with Crippen LogP contribution in [0.2, 0.25) is 0 Å². The van der Waals surface area contributed by atoms with Crippen LogP contribution in [0.25, 0.3) is 0 Å². The van der Waals surface area contributed by atoms with E-state index in [0.717, 1.165) is 19.3 Å². The Morgan fingerprint density at radius 1 is 1.67 bits per heavy atom. The van der Waals surface area contributed by atoms with Crippen LogP contribution in [0.15, 0.2) is 18.5 Å². The summed E-state index contributed by atoms with van der Waals surface area (Å²) in [6.45, 7) is 0. The van der Waals surface area contributed by atoms with Gasteiger partial charge < -0.3 is 9.72 Å². The Labute approximate surface area is 72.3 Å². The first-order valence-electron chi connectivity index (χ1n) is 4.06. The maximum Gasteiger partial charge on any atom is 0.180 e. The summed E-state index contributed by atoms with van der Waals surface area (Å²) in [6, 6.07) is 2.05. The van der Waals surface area contributed by atoms with E-state index in [0.29, 0.717) is 5.90 Å². The zero-order valence-electron chi connectivity index (χ0n) is 7.26. The molecule has 1 aromatic rings. The second-order valence-corrected chi connectivity index (χ2v) is 2.70. The smallest absolute Gasteiger partial charge is 0.180 e. The highest BCUT2D eigenvalue weighted by molar-refractivity contribution is 5.72. The molecular weight excluding hydrogens is 152 g/mol. The predicted octanol–water partition coefficient (Wildman–Crippen LogP) is 1.96. The lowest BCUT2D eigenvalue weighted by Crippen LogP contribution is -1.99. The van der Waals surface area contributed by atoms with Gasteiger partial charge >= 0.3 is 0 Å². The molecule has 66 valence electrons. The number of hydrogen-bond acceptors (Lipinski definition) is 2. The molecule has 0 amide bonds. The molecule has 3 heteroatoms. The zero-order chi connectivity index (χ0) is 8.81. The molecule has 0 spiro atoms. The van der Waals surface area contributed by atoms with Gasteiger partial charge in [-0.3, -0.25) is 5.41 Å². The molecule has 0 saturated heterocycles. The van der Waals surface area contributed by atoms with Crippen LogP contribution in [0.3, 0.4) is 0 Å². The highest BCUT2D eigenvalue weighted by Gasteiger charge is 1.96. The van der Waals surface area contributed by atoms with E-state index in [4.69, 9.17) is 10.1 Å². The van der Waals surface area contributed by atoms with Gasteiger partial charge in [-0.15, -0.1) is 0 Å². The summed E-state index contributed by atoms with van der Waals surface area (Å²) in [4.78, 5) is 3.00. The minimum absolute atomic E-state index is 0.366. The van der Waals surface area contributed by atoms with Gasteiger partial charge in [-0.25, -0.2) is 0 Å². The average molecular weight is 166 g/mol. The average Bonchev–Trinajstić information content (AvgIpc) is 2.57. The number of aromatic amines is 1. The standard InChI is InChI=1S/C9H14N2O/c1-12-9(10)4-2-3-8-5-6-11-7-8/h5-7,10-11H,2-4H2,1H3. The molecule has 1 rings (SSSR count). The zero-order valence-corrected chi connectivity index (χ0v) is 7.26. The number of aryl methyl sites for hydroxylation is 1. The lowest BCUT2D eigenvalue weighted by Gasteiger charge is -2.00. The summed E-state index contributed by atoms with van der Waals surface area (Å²) in [6.07, 6.45) is 6.61. The highest BCUT2D eigenvalue weighted by atomic mass is 16.5. The third-order valence-corrected chi connectivity index (χ3v) is 1.78. The van der Waals surface area contributed by atoms with E-state index in [1.54, 1.807) is 7.11 Å². The van der Waals surface area contributed by atoms with E-state index in [-0.39, 0.29) is 0 Å². The van der Waals surface area contributed by atoms with Gasteiger partial charge in [-0.05, 0) is 24.5 Å². The minimum atomic E-state index is 0.366. The van der Waals surface area contributed by atoms with E-state index < -0.39 is 0 Å². The number of ether oxygens (including phenoxy) is 1. The molecule has 3 nitrogen and oxygen atoms in total. The van der Waals surface area contributed by atoms with Gasteiger partial charge in [0.05, 0.1) is 7.11 Å². The second kappa shape index (κ2) is 4.59. The molecule has 2 N–H and O–H groups in total. The summed E-state index contributed by atoms with van der Waals surface area (Å²) in [5.41, 5.74) is 1.29. The minimum Gasteiger partial charge on any atom is -0.484 e. The van der Waals surface area contributed by atoms with Gasteiger partial charge in [0.15, 0.2) is 5.90 Å². The molecule has 1 heterocycles. The maximum absolute atomic E-state index is 7.24. The van der Waals surface area contributed by atoms with Crippen molar-refractivity contribution < 1.29 is 4.74 Å². The van der Waals surface area contributed by atoms with Crippen molar-refractivity contribution in [3.05, 3.63) is 24.0 Å². The number of aromatic nitrogens is 1. The molecule has 0 atom stereocenters. The molecule has 0 bridgehead atoms. The van der Waals surface area contributed by atoms with Crippen molar-refractivity contribution in [3.8, 4) is 0 Å². The van der Waals surface area contributed by atoms with E-state index in [1.165, 1.54) is 5.56 Å². The van der Waals surface area contributed by atoms with Crippen molar-refractivity contribution in [3.63, 3.8) is 0 Å². The quantitative estimate of drug-likeness (QED) is 0.521. The molecule has 0 radical (unpaired) electrons. The molecule has 0 aliphatic heterocycles. The van der Waals surface area contributed by atoms with Crippen molar-refractivity contribution in [1.29, 1.82) is 5.41 Å². The third-order valence-electron chi connectivity index (χ3n) is 1.78. The first-order chi connectivity index (χ1) is 5.83. The van der Waals surface area contributed by atoms with Gasteiger partial charge in [-0.1, -0.05) is 0 Å². The van der Waals surface area contributed by atoms with Crippen LogP contribution in [0.4, 0.5) is 0 Å². The van der Waals surface area contributed by atoms with Gasteiger partial charge in [0, 0.05) is 18.8 Å². The van der Waals surface area contributed by atoms with E-state index >= 15 is 0 Å². The van der Waals surface area contributed by atoms with Crippen molar-refractivity contribution in [1.82, 2.24) is 4.98 Å². The topological polar surface area (TPSA) is 48.9 Å². The summed E-state index contributed by atoms with van der Waals surface area (Å²) in [7, 11) is 1.54. The first-order valence-corrected chi connectivity index (χ1v) is 4.06. The van der Waals surface area contributed by atoms with E-state index in [2.05, 4.69) is 11.1 Å². The van der Waals surface area contributed by atoms with Gasteiger partial charge in [-0.2, -0.15) is 0 Å². The van der Waals surface area contributed by atoms with Crippen molar-refractivity contribution in [2.45, 2.75) is 19.3 Å². The number of methoxy groups -OCH3 is 1. The first kappa shape index (κ1) is 8.84. The van der Waals surface area contributed by atoms with Crippen LogP contribution in [0.1, 0.15) is 18.4 Å². The fourth-order valence-corrected chi connectivity index (χ4v) is 1.07. The molecule has 0 aliphatic carbocycles. The summed E-state index contributed by atoms with van der Waals surface area (Å²) < 4.78 is 4.75. The lowest BCUT2D eigenvalue weighted by molar-refractivity contribution is 0.384. The number of nitrogens with one attached hydrogen (secondary N) is 2. The normalized spacial score (nSPS) is 9.75. The maximum atomic E-state index is 7.24. The Balaban J connectivity index is 2.15. The molecule has 0 unspecified atom stereocenters. The number of H-pyrrole nitrogens is 1. The summed E-state index contributed by atoms with van der Waals surface area (Å²) in [5.74, 6) is 0.366. The highest BCUT2D eigenvalue weighted by Crippen LogP contribution is 2.03. The third kappa shape index (κ3) is 2.78. The molecule has 0 fully saturated rings. The van der Waals surface area contributed by atoms with Gasteiger partial charge in [0.2, 0.25) is 0 Å².